The number of rotatable bonds is 28. The van der Waals surface area contributed by atoms with E-state index in [1.807, 2.05) is 139 Å². The van der Waals surface area contributed by atoms with Gasteiger partial charge >= 0.3 is 0 Å². The molecule has 4 saturated heterocycles. The van der Waals surface area contributed by atoms with Crippen LogP contribution in [0, 0.1) is 12.3 Å². The molecule has 3 N–H and O–H groups in total. The average Bonchev–Trinajstić information content (AvgIpc) is 1.59. The number of likely N-dealkylation sites (N-methyl/N-ethyl adjacent to an activating group) is 1. The summed E-state index contributed by atoms with van der Waals surface area (Å²) < 4.78 is 52.6. The first-order valence-electron chi connectivity index (χ1n) is 42.7. The van der Waals surface area contributed by atoms with Crippen LogP contribution in [-0.4, -0.2) is 279 Å². The number of fused-ring (bicyclic) bond motifs is 4. The number of aromatic nitrogens is 13. The molecule has 0 spiro atoms. The molecule has 4 amide bonds. The average molecular weight is 1850 g/mol. The van der Waals surface area contributed by atoms with Crippen LogP contribution in [0.1, 0.15) is 77.4 Å². The van der Waals surface area contributed by atoms with Crippen LogP contribution >= 0.6 is 45.3 Å². The number of anilines is 4. The van der Waals surface area contributed by atoms with Gasteiger partial charge < -0.3 is 63.7 Å². The molecule has 0 saturated carbocycles. The van der Waals surface area contributed by atoms with E-state index >= 15 is 0 Å². The van der Waals surface area contributed by atoms with Gasteiger partial charge in [0.1, 0.15) is 65.4 Å². The Labute approximate surface area is 768 Å². The van der Waals surface area contributed by atoms with E-state index < -0.39 is 10.0 Å². The van der Waals surface area contributed by atoms with Crippen molar-refractivity contribution in [2.45, 2.75) is 32.1 Å². The Morgan fingerprint density at radius 1 is 0.446 bits per heavy atom. The molecule has 1 aromatic carbocycles. The molecular formula is C92H98N22O11S5. The topological polar surface area (TPSA) is 372 Å². The molecule has 14 aromatic rings. The second kappa shape index (κ2) is 45.2. The fourth-order valence-corrected chi connectivity index (χ4v) is 19.1. The highest BCUT2D eigenvalue weighted by atomic mass is 32.2. The van der Waals surface area contributed by atoms with Crippen molar-refractivity contribution in [3.63, 3.8) is 0 Å². The molecule has 4 fully saturated rings. The van der Waals surface area contributed by atoms with E-state index in [9.17, 15) is 27.6 Å². The lowest BCUT2D eigenvalue weighted by Gasteiger charge is -2.29. The smallest absolute Gasteiger partial charge is 0.255 e. The van der Waals surface area contributed by atoms with Gasteiger partial charge in [-0.1, -0.05) is 42.3 Å². The van der Waals surface area contributed by atoms with Crippen LogP contribution in [0.3, 0.4) is 0 Å². The summed E-state index contributed by atoms with van der Waals surface area (Å²) >= 11 is 5.76. The molecule has 0 unspecified atom stereocenters. The number of nitrogens with one attached hydrogen (secondary N) is 3. The molecule has 33 nitrogen and oxygen atoms in total. The van der Waals surface area contributed by atoms with E-state index in [0.29, 0.717) is 203 Å². The number of pyridine rings is 5. The highest BCUT2D eigenvalue weighted by Crippen LogP contribution is 2.40. The van der Waals surface area contributed by atoms with Gasteiger partial charge in [-0.25, -0.2) is 53.0 Å². The first-order chi connectivity index (χ1) is 63.6. The number of thiophene rings is 4. The number of sulfonamides is 1. The maximum atomic E-state index is 13.5. The van der Waals surface area contributed by atoms with Gasteiger partial charge in [-0.05, 0) is 123 Å². The molecule has 130 heavy (non-hydrogen) atoms. The first-order valence-corrected chi connectivity index (χ1v) is 47.8. The number of hydrogen-bond donors (Lipinski definition) is 3. The van der Waals surface area contributed by atoms with Gasteiger partial charge in [0.15, 0.2) is 23.3 Å². The number of carbonyl (C=O) groups excluding carboxylic acids is 4. The van der Waals surface area contributed by atoms with Gasteiger partial charge in [0.05, 0.1) is 102 Å². The van der Waals surface area contributed by atoms with Crippen LogP contribution in [-0.2, 0) is 46.5 Å². The number of amides is 4. The number of hydrogen-bond acceptors (Lipinski definition) is 32. The highest BCUT2D eigenvalue weighted by molar-refractivity contribution is 7.89. The third-order valence-electron chi connectivity index (χ3n) is 21.7. The molecular weight excluding hydrogens is 1750 g/mol. The summed E-state index contributed by atoms with van der Waals surface area (Å²) in [7, 11) is 3.44. The number of morpholine rings is 4. The molecule has 0 radical (unpaired) electrons. The van der Waals surface area contributed by atoms with Crippen molar-refractivity contribution in [2.75, 3.05) is 192 Å². The van der Waals surface area contributed by atoms with Crippen LogP contribution in [0.5, 0.6) is 0 Å². The number of nitrogens with zero attached hydrogens (tertiary/aromatic N) is 19. The maximum Gasteiger partial charge on any atom is 0.255 e. The Kier molecular flexibility index (Phi) is 32.0. The van der Waals surface area contributed by atoms with Gasteiger partial charge in [-0.2, -0.15) is 0 Å². The molecule has 18 rings (SSSR count). The van der Waals surface area contributed by atoms with Crippen molar-refractivity contribution in [1.29, 1.82) is 0 Å². The predicted octanol–water partition coefficient (Wildman–Crippen LogP) is 11.2. The number of ether oxygens (including phenoxy) is 5. The van der Waals surface area contributed by atoms with Crippen LogP contribution in [0.4, 0.5) is 23.3 Å². The van der Waals surface area contributed by atoms with Crippen LogP contribution < -0.4 is 35.0 Å². The van der Waals surface area contributed by atoms with Crippen LogP contribution in [0.25, 0.3) is 86.9 Å². The van der Waals surface area contributed by atoms with E-state index in [-0.39, 0.29) is 35.9 Å². The molecule has 4 aliphatic heterocycles. The van der Waals surface area contributed by atoms with Gasteiger partial charge in [-0.3, -0.25) is 44.1 Å². The summed E-state index contributed by atoms with van der Waals surface area (Å²) in [5, 5.41) is 16.4. The Bertz CT molecular complexity index is 6340. The molecule has 17 heterocycles. The van der Waals surface area contributed by atoms with Crippen LogP contribution in [0.2, 0.25) is 0 Å². The van der Waals surface area contributed by atoms with Gasteiger partial charge in [-0.15, -0.1) is 51.8 Å². The second-order valence-electron chi connectivity index (χ2n) is 30.3. The molecule has 13 aromatic heterocycles. The van der Waals surface area contributed by atoms with E-state index in [1.54, 1.807) is 59.5 Å². The van der Waals surface area contributed by atoms with Gasteiger partial charge in [0.2, 0.25) is 10.0 Å². The minimum Gasteiger partial charge on any atom is -0.385 e. The fraction of sp³-hybridized carbons (Fsp3) is 0.337. The Hall–Kier alpha value is -12.5. The Morgan fingerprint density at radius 3 is 1.19 bits per heavy atom. The largest absolute Gasteiger partial charge is 0.385 e. The number of unbranched alkanes of at least 4 members (excludes halogenated alkanes) is 1. The zero-order chi connectivity index (χ0) is 90.1. The minimum atomic E-state index is -3.30. The minimum absolute atomic E-state index is 0.00707. The predicted molar refractivity (Wildman–Crippen MR) is 508 cm³/mol. The lowest BCUT2D eigenvalue weighted by Crippen LogP contribution is -2.37. The standard InChI is InChI=1S/C27H25N5O2S.C23H22N6O2S.C22H27N5O3S.C20H24N6O4S2/c1-3-19-7-6-8-20(17-19)10-12-31(2)27(33)21-18-35-26-23(21)25(32-13-15-34-16-14-32)29-24(30-26)22-9-4-5-11-28-22;30-22(26-10-6-16-4-8-24-9-5-16)17-15-32-23-19(17)21(29-11-13-31-14-12-29)27-20(28-23)18-3-1-2-7-25-18;1-26(9-5-6-12-29-2)22(28)16-15-31-21-18(16)20(27-10-13-30-14-11-27)24-19(25-21)17-7-3-4-8-23-17;1-21-32(28,29)12-4-7-23-19(27)14-13-31-20-16(14)18(26-8-10-30-11-9-26)24-17(25-20)15-5-2-3-6-22-15/h1,4-9,11,17-18H,10,12-16H2,2H3;1-5,7-9,15H,6,10-14H2,(H,26,30);3-4,7-8,15H,5-6,9-14H2,1-2H3;2-3,5-6,13,21H,4,7-12H2,1H3,(H,23,27). The van der Waals surface area contributed by atoms with Gasteiger partial charge in [0.25, 0.3) is 23.6 Å². The lowest BCUT2D eigenvalue weighted by molar-refractivity contribution is 0.0786. The summed E-state index contributed by atoms with van der Waals surface area (Å²) in [6, 6.07) is 34.4. The molecule has 38 heteroatoms. The molecule has 672 valence electrons. The third kappa shape index (κ3) is 23.2. The van der Waals surface area contributed by atoms with Crippen molar-refractivity contribution in [2.24, 2.45) is 0 Å². The zero-order valence-electron chi connectivity index (χ0n) is 72.4. The molecule has 0 bridgehead atoms. The Morgan fingerprint density at radius 2 is 0.823 bits per heavy atom. The zero-order valence-corrected chi connectivity index (χ0v) is 76.4. The van der Waals surface area contributed by atoms with Gasteiger partial charge in [0, 0.05) is 171 Å². The summed E-state index contributed by atoms with van der Waals surface area (Å²) in [6.07, 6.45) is 19.5. The third-order valence-corrected chi connectivity index (χ3v) is 26.6. The van der Waals surface area contributed by atoms with E-state index in [0.717, 1.165) is 109 Å². The number of benzene rings is 1. The van der Waals surface area contributed by atoms with Crippen molar-refractivity contribution < 1.29 is 51.3 Å². The summed E-state index contributed by atoms with van der Waals surface area (Å²) in [5.41, 5.74) is 8.24. The molecule has 0 atom stereocenters. The SMILES string of the molecule is C#Cc1cccc(CCN(C)C(=O)c2csc3nc(-c4ccccn4)nc(N4CCOCC4)c23)c1.CNS(=O)(=O)CCCNC(=O)c1csc2nc(-c3ccccn3)nc(N3CCOCC3)c12.COCCCCN(C)C(=O)c1csc2nc(-c3ccccn3)nc(N3CCOCC3)c12.O=C(NCCc1ccncc1)c1csc2nc(-c3ccccn3)nc(N3CCOCC3)c12. The number of terminal acetylenes is 1. The summed E-state index contributed by atoms with van der Waals surface area (Å²) in [6.45, 7) is 13.3. The van der Waals surface area contributed by atoms with Crippen molar-refractivity contribution in [3.05, 3.63) is 207 Å². The first kappa shape index (κ1) is 92.2. The molecule has 0 aliphatic carbocycles. The van der Waals surface area contributed by atoms with E-state index in [1.165, 1.54) is 52.4 Å². The van der Waals surface area contributed by atoms with E-state index in [4.69, 9.17) is 65.0 Å². The highest BCUT2D eigenvalue weighted by Gasteiger charge is 2.31. The monoisotopic (exact) mass is 1850 g/mol. The second-order valence-corrected chi connectivity index (χ2v) is 35.8. The van der Waals surface area contributed by atoms with Crippen LogP contribution in [0.15, 0.2) is 168 Å². The summed E-state index contributed by atoms with van der Waals surface area (Å²) in [5.74, 6) is 7.35. The summed E-state index contributed by atoms with van der Waals surface area (Å²) in [4.78, 5) is 128. The maximum absolute atomic E-state index is 13.5. The number of methoxy groups -OCH3 is 1. The Balaban J connectivity index is 0.000000133. The fourth-order valence-electron chi connectivity index (χ4n) is 14.7. The quantitative estimate of drug-likeness (QED) is 0.0303. The molecule has 4 aliphatic rings. The van der Waals surface area contributed by atoms with Crippen molar-refractivity contribution in [1.82, 2.24) is 89.9 Å². The van der Waals surface area contributed by atoms with Crippen molar-refractivity contribution in [3.8, 4) is 58.4 Å². The normalized spacial score (nSPS) is 14.1. The van der Waals surface area contributed by atoms with Crippen molar-refractivity contribution >= 4 is 143 Å². The number of carbonyl (C=O) groups is 4. The lowest BCUT2D eigenvalue weighted by atomic mass is 10.1. The van der Waals surface area contributed by atoms with E-state index in [2.05, 4.69) is 70.8 Å².